The normalized spacial score (nSPS) is 11.1. The van der Waals surface area contributed by atoms with E-state index in [1.165, 1.54) is 25.0 Å². The van der Waals surface area contributed by atoms with Crippen molar-refractivity contribution >= 4 is 17.5 Å². The number of benzene rings is 1. The summed E-state index contributed by atoms with van der Waals surface area (Å²) in [5, 5.41) is 5.07. The molecule has 0 radical (unpaired) electrons. The topological polar surface area (TPSA) is 47.4 Å². The number of hydrogen-bond donors (Lipinski definition) is 0. The van der Waals surface area contributed by atoms with Crippen LogP contribution in [0.5, 0.6) is 0 Å². The molecule has 0 unspecified atom stereocenters. The second-order valence-corrected chi connectivity index (χ2v) is 5.43. The van der Waals surface area contributed by atoms with E-state index in [9.17, 15) is 13.6 Å². The van der Waals surface area contributed by atoms with Crippen molar-refractivity contribution in [2.45, 2.75) is 19.9 Å². The van der Waals surface area contributed by atoms with Crippen molar-refractivity contribution < 1.29 is 18.4 Å². The van der Waals surface area contributed by atoms with Crippen molar-refractivity contribution in [3.63, 3.8) is 0 Å². The second kappa shape index (κ2) is 7.06. The fourth-order valence-corrected chi connectivity index (χ4v) is 2.42. The van der Waals surface area contributed by atoms with Gasteiger partial charge in [0.25, 0.3) is 12.3 Å². The zero-order chi connectivity index (χ0) is 17.1. The maximum atomic E-state index is 13.0. The number of halogens is 3. The van der Waals surface area contributed by atoms with Crippen LogP contribution in [0.2, 0.25) is 5.02 Å². The molecule has 0 saturated carbocycles. The molecular weight excluding hydrogens is 328 g/mol. The molecule has 0 fully saturated rings. The Morgan fingerprint density at radius 3 is 2.74 bits per heavy atom. The Labute approximate surface area is 137 Å². The first kappa shape index (κ1) is 17.4. The smallest absolute Gasteiger partial charge is 0.275 e. The number of nitrogens with zero attached hydrogens (tertiary/aromatic N) is 3. The summed E-state index contributed by atoms with van der Waals surface area (Å²) in [6.07, 6.45) is -1.61. The molecule has 0 saturated heterocycles. The van der Waals surface area contributed by atoms with Gasteiger partial charge in [0.05, 0.1) is 19.2 Å². The van der Waals surface area contributed by atoms with Crippen molar-refractivity contribution in [2.24, 2.45) is 7.05 Å². The molecule has 124 valence electrons. The van der Waals surface area contributed by atoms with E-state index in [1.807, 2.05) is 13.0 Å². The van der Waals surface area contributed by atoms with Gasteiger partial charge in [0.15, 0.2) is 0 Å². The Hall–Kier alpha value is -1.99. The number of hydrogen-bond acceptors (Lipinski definition) is 3. The lowest BCUT2D eigenvalue weighted by Crippen LogP contribution is -2.30. The molecule has 0 aliphatic heterocycles. The minimum atomic E-state index is -2.85. The highest BCUT2D eigenvalue weighted by atomic mass is 35.5. The van der Waals surface area contributed by atoms with Gasteiger partial charge in [0.2, 0.25) is 0 Å². The maximum absolute atomic E-state index is 13.0. The predicted molar refractivity (Wildman–Crippen MR) is 81.2 cm³/mol. The van der Waals surface area contributed by atoms with Crippen LogP contribution < -0.4 is 0 Å². The van der Waals surface area contributed by atoms with E-state index in [4.69, 9.17) is 16.4 Å². The van der Waals surface area contributed by atoms with Crippen LogP contribution in [0.15, 0.2) is 24.4 Å². The molecule has 2 rings (SSSR count). The molecule has 5 nitrogen and oxygen atoms in total. The zero-order valence-electron chi connectivity index (χ0n) is 12.9. The van der Waals surface area contributed by atoms with E-state index in [2.05, 4.69) is 5.10 Å². The van der Waals surface area contributed by atoms with Gasteiger partial charge in [-0.1, -0.05) is 23.7 Å². The molecule has 0 spiro atoms. The number of amides is 1. The average Bonchev–Trinajstić information content (AvgIpc) is 2.88. The quantitative estimate of drug-likeness (QED) is 0.780. The van der Waals surface area contributed by atoms with Crippen molar-refractivity contribution in [1.82, 2.24) is 14.8 Å². The highest BCUT2D eigenvalue weighted by Gasteiger charge is 2.27. The third-order valence-corrected chi connectivity index (χ3v) is 3.62. The molecule has 8 heteroatoms. The molecule has 1 heterocycles. The van der Waals surface area contributed by atoms with E-state index in [0.717, 1.165) is 10.6 Å². The van der Waals surface area contributed by atoms with Gasteiger partial charge < -0.3 is 0 Å². The van der Waals surface area contributed by atoms with E-state index in [1.54, 1.807) is 12.1 Å². The first-order valence-electron chi connectivity index (χ1n) is 6.76. The van der Waals surface area contributed by atoms with E-state index >= 15 is 0 Å². The average molecular weight is 344 g/mol. The first-order chi connectivity index (χ1) is 10.8. The lowest BCUT2D eigenvalue weighted by Gasteiger charge is -2.20. The second-order valence-electron chi connectivity index (χ2n) is 5.02. The number of carbonyl (C=O) groups excluding carboxylic acids is 1. The molecular formula is C15H16ClF2N3O2. The third-order valence-electron chi connectivity index (χ3n) is 3.26. The zero-order valence-corrected chi connectivity index (χ0v) is 13.6. The van der Waals surface area contributed by atoms with Gasteiger partial charge in [-0.3, -0.25) is 14.3 Å². The van der Waals surface area contributed by atoms with Crippen LogP contribution >= 0.6 is 11.6 Å². The SMILES string of the molecule is CON(Cc1ccc(C)cc1Cl)C(=O)c1cn(C)nc1C(F)F. The summed E-state index contributed by atoms with van der Waals surface area (Å²) >= 11 is 6.14. The van der Waals surface area contributed by atoms with Gasteiger partial charge in [-0.15, -0.1) is 0 Å². The van der Waals surface area contributed by atoms with Crippen LogP contribution in [-0.4, -0.2) is 27.9 Å². The molecule has 2 aromatic rings. The number of hydroxylamine groups is 2. The summed E-state index contributed by atoms with van der Waals surface area (Å²) in [5.74, 6) is -0.701. The maximum Gasteiger partial charge on any atom is 0.282 e. The number of aromatic nitrogens is 2. The third kappa shape index (κ3) is 3.86. The molecule has 0 bridgehead atoms. The van der Waals surface area contributed by atoms with E-state index < -0.39 is 18.0 Å². The van der Waals surface area contributed by atoms with Crippen molar-refractivity contribution in [2.75, 3.05) is 7.11 Å². The monoisotopic (exact) mass is 343 g/mol. The molecule has 0 atom stereocenters. The van der Waals surface area contributed by atoms with Crippen LogP contribution in [-0.2, 0) is 18.4 Å². The van der Waals surface area contributed by atoms with Crippen LogP contribution in [0.4, 0.5) is 8.78 Å². The standard InChI is InChI=1S/C15H16ClF2N3O2/c1-9-4-5-10(12(16)6-9)7-21(23-3)15(22)11-8-20(2)19-13(11)14(17)18/h4-6,8,14H,7H2,1-3H3. The van der Waals surface area contributed by atoms with Crippen LogP contribution in [0, 0.1) is 6.92 Å². The Morgan fingerprint density at radius 2 is 2.17 bits per heavy atom. The summed E-state index contributed by atoms with van der Waals surface area (Å²) in [6, 6.07) is 5.35. The summed E-state index contributed by atoms with van der Waals surface area (Å²) in [5.41, 5.74) is 0.846. The largest absolute Gasteiger partial charge is 0.282 e. The molecule has 0 aliphatic rings. The summed E-state index contributed by atoms with van der Waals surface area (Å²) < 4.78 is 27.2. The molecule has 1 amide bonds. The Balaban J connectivity index is 2.28. The molecule has 23 heavy (non-hydrogen) atoms. The van der Waals surface area contributed by atoms with Crippen molar-refractivity contribution in [1.29, 1.82) is 0 Å². The number of carbonyl (C=O) groups is 1. The number of aryl methyl sites for hydroxylation is 2. The highest BCUT2D eigenvalue weighted by Crippen LogP contribution is 2.24. The summed E-state index contributed by atoms with van der Waals surface area (Å²) in [7, 11) is 2.76. The van der Waals surface area contributed by atoms with Crippen molar-refractivity contribution in [3.8, 4) is 0 Å². The first-order valence-corrected chi connectivity index (χ1v) is 7.14. The lowest BCUT2D eigenvalue weighted by molar-refractivity contribution is -0.102. The fourth-order valence-electron chi connectivity index (χ4n) is 2.12. The number of alkyl halides is 2. The van der Waals surface area contributed by atoms with Gasteiger partial charge in [0, 0.05) is 18.3 Å². The van der Waals surface area contributed by atoms with Gasteiger partial charge in [-0.2, -0.15) is 5.10 Å². The minimum absolute atomic E-state index is 0.0337. The fraction of sp³-hybridized carbons (Fsp3) is 0.333. The predicted octanol–water partition coefficient (Wildman–Crippen LogP) is 3.52. The van der Waals surface area contributed by atoms with Gasteiger partial charge in [-0.05, 0) is 24.1 Å². The van der Waals surface area contributed by atoms with E-state index in [-0.39, 0.29) is 12.1 Å². The lowest BCUT2D eigenvalue weighted by atomic mass is 10.1. The molecule has 1 aromatic carbocycles. The van der Waals surface area contributed by atoms with Crippen molar-refractivity contribution in [3.05, 3.63) is 51.8 Å². The summed E-state index contributed by atoms with van der Waals surface area (Å²) in [4.78, 5) is 17.5. The Kier molecular flexibility index (Phi) is 5.33. The highest BCUT2D eigenvalue weighted by molar-refractivity contribution is 6.31. The minimum Gasteiger partial charge on any atom is -0.275 e. The Morgan fingerprint density at radius 1 is 1.48 bits per heavy atom. The molecule has 1 aromatic heterocycles. The van der Waals surface area contributed by atoms with Crippen LogP contribution in [0.3, 0.4) is 0 Å². The van der Waals surface area contributed by atoms with Crippen LogP contribution in [0.1, 0.15) is 33.6 Å². The Bertz CT molecular complexity index is 719. The summed E-state index contributed by atoms with van der Waals surface area (Å²) in [6.45, 7) is 1.92. The molecule has 0 N–H and O–H groups in total. The van der Waals surface area contributed by atoms with Gasteiger partial charge in [0.1, 0.15) is 5.69 Å². The number of rotatable bonds is 5. The van der Waals surface area contributed by atoms with Gasteiger partial charge in [-0.25, -0.2) is 13.8 Å². The molecule has 0 aliphatic carbocycles. The van der Waals surface area contributed by atoms with Crippen LogP contribution in [0.25, 0.3) is 0 Å². The van der Waals surface area contributed by atoms with E-state index in [0.29, 0.717) is 10.6 Å². The van der Waals surface area contributed by atoms with Gasteiger partial charge >= 0.3 is 0 Å².